The minimum atomic E-state index is -0.318. The zero-order valence-corrected chi connectivity index (χ0v) is 13.0. The molecule has 21 heavy (non-hydrogen) atoms. The molecule has 2 aromatic carbocycles. The molecule has 1 unspecified atom stereocenters. The largest absolute Gasteiger partial charge is 0.380 e. The summed E-state index contributed by atoms with van der Waals surface area (Å²) in [4.78, 5) is 0. The van der Waals surface area contributed by atoms with Crippen molar-refractivity contribution in [3.05, 3.63) is 70.0 Å². The van der Waals surface area contributed by atoms with Gasteiger partial charge in [0.2, 0.25) is 0 Å². The highest BCUT2D eigenvalue weighted by molar-refractivity contribution is 6.31. The summed E-state index contributed by atoms with van der Waals surface area (Å²) in [6.07, 6.45) is 0. The fraction of sp³-hybridized carbons (Fsp3) is 0.294. The Morgan fingerprint density at radius 1 is 1.19 bits per heavy atom. The van der Waals surface area contributed by atoms with Crippen molar-refractivity contribution >= 4 is 11.6 Å². The predicted octanol–water partition coefficient (Wildman–Crippen LogP) is 4.48. The Morgan fingerprint density at radius 2 is 1.90 bits per heavy atom. The molecule has 2 rings (SSSR count). The lowest BCUT2D eigenvalue weighted by Crippen LogP contribution is -2.19. The third-order valence-corrected chi connectivity index (χ3v) is 3.77. The van der Waals surface area contributed by atoms with Crippen molar-refractivity contribution in [3.63, 3.8) is 0 Å². The van der Waals surface area contributed by atoms with Crippen LogP contribution in [0.25, 0.3) is 0 Å². The first-order chi connectivity index (χ1) is 10.1. The predicted molar refractivity (Wildman–Crippen MR) is 83.8 cm³/mol. The van der Waals surface area contributed by atoms with Gasteiger partial charge in [-0.1, -0.05) is 41.9 Å². The maximum Gasteiger partial charge on any atom is 0.124 e. The second-order valence-corrected chi connectivity index (χ2v) is 5.38. The zero-order valence-electron chi connectivity index (χ0n) is 12.2. The highest BCUT2D eigenvalue weighted by Crippen LogP contribution is 2.24. The first-order valence-electron chi connectivity index (χ1n) is 6.86. The van der Waals surface area contributed by atoms with E-state index in [2.05, 4.69) is 17.4 Å². The van der Waals surface area contributed by atoms with Crippen molar-refractivity contribution in [1.82, 2.24) is 5.32 Å². The standard InChI is InChI=1S/C17H19ClFNO/c1-12(16-8-7-15(19)9-17(16)18)20-10-13-5-3-4-6-14(13)11-21-2/h3-9,12,20H,10-11H2,1-2H3. The topological polar surface area (TPSA) is 21.3 Å². The smallest absolute Gasteiger partial charge is 0.124 e. The molecule has 0 spiro atoms. The number of halogens is 2. The molecule has 0 saturated heterocycles. The van der Waals surface area contributed by atoms with Crippen molar-refractivity contribution in [2.75, 3.05) is 7.11 Å². The third-order valence-electron chi connectivity index (χ3n) is 3.45. The number of rotatable bonds is 6. The molecule has 0 radical (unpaired) electrons. The monoisotopic (exact) mass is 307 g/mol. The van der Waals surface area contributed by atoms with Gasteiger partial charge in [0.05, 0.1) is 6.61 Å². The van der Waals surface area contributed by atoms with Crippen LogP contribution in [0, 0.1) is 5.82 Å². The highest BCUT2D eigenvalue weighted by Gasteiger charge is 2.11. The van der Waals surface area contributed by atoms with E-state index in [1.807, 2.05) is 19.1 Å². The van der Waals surface area contributed by atoms with Crippen LogP contribution in [0.2, 0.25) is 5.02 Å². The summed E-state index contributed by atoms with van der Waals surface area (Å²) in [5.74, 6) is -0.318. The van der Waals surface area contributed by atoms with Crippen LogP contribution in [0.4, 0.5) is 4.39 Å². The first kappa shape index (κ1) is 16.0. The molecule has 2 nitrogen and oxygen atoms in total. The number of hydrogen-bond acceptors (Lipinski definition) is 2. The average Bonchev–Trinajstić information content (AvgIpc) is 2.46. The van der Waals surface area contributed by atoms with Crippen LogP contribution >= 0.6 is 11.6 Å². The number of ether oxygens (including phenoxy) is 1. The molecule has 0 heterocycles. The fourth-order valence-corrected chi connectivity index (χ4v) is 2.58. The van der Waals surface area contributed by atoms with E-state index in [0.717, 1.165) is 11.1 Å². The molecule has 0 aliphatic carbocycles. The molecule has 1 atom stereocenters. The Hall–Kier alpha value is -1.42. The molecule has 0 aliphatic heterocycles. The van der Waals surface area contributed by atoms with Crippen LogP contribution in [-0.2, 0) is 17.9 Å². The fourth-order valence-electron chi connectivity index (χ4n) is 2.25. The van der Waals surface area contributed by atoms with Crippen molar-refractivity contribution in [2.45, 2.75) is 26.1 Å². The molecule has 0 amide bonds. The lowest BCUT2D eigenvalue weighted by molar-refractivity contribution is 0.184. The Balaban J connectivity index is 2.05. The molecule has 4 heteroatoms. The van der Waals surface area contributed by atoms with Gasteiger partial charge in [-0.2, -0.15) is 0 Å². The summed E-state index contributed by atoms with van der Waals surface area (Å²) in [5.41, 5.74) is 3.23. The Labute approximate surface area is 129 Å². The SMILES string of the molecule is COCc1ccccc1CNC(C)c1ccc(F)cc1Cl. The van der Waals surface area contributed by atoms with Gasteiger partial charge in [0.25, 0.3) is 0 Å². The van der Waals surface area contributed by atoms with Crippen LogP contribution in [0.1, 0.15) is 29.7 Å². The van der Waals surface area contributed by atoms with Crippen molar-refractivity contribution in [3.8, 4) is 0 Å². The minimum absolute atomic E-state index is 0.0358. The molecule has 0 aliphatic rings. The second-order valence-electron chi connectivity index (χ2n) is 4.97. The summed E-state index contributed by atoms with van der Waals surface area (Å²) in [6, 6.07) is 12.6. The molecular formula is C17H19ClFNO. The van der Waals surface area contributed by atoms with Crippen LogP contribution in [0.5, 0.6) is 0 Å². The normalized spacial score (nSPS) is 12.4. The van der Waals surface area contributed by atoms with Crippen molar-refractivity contribution in [1.29, 1.82) is 0 Å². The highest BCUT2D eigenvalue weighted by atomic mass is 35.5. The molecule has 0 bridgehead atoms. The van der Waals surface area contributed by atoms with Crippen LogP contribution in [0.3, 0.4) is 0 Å². The van der Waals surface area contributed by atoms with Gasteiger partial charge in [-0.05, 0) is 35.7 Å². The molecule has 112 valence electrons. The Bertz CT molecular complexity index is 603. The van der Waals surface area contributed by atoms with E-state index in [1.54, 1.807) is 13.2 Å². The summed E-state index contributed by atoms with van der Waals surface area (Å²) in [6.45, 7) is 3.30. The lowest BCUT2D eigenvalue weighted by Gasteiger charge is -2.17. The molecule has 0 saturated carbocycles. The maximum atomic E-state index is 13.1. The summed E-state index contributed by atoms with van der Waals surface area (Å²) >= 11 is 6.09. The first-order valence-corrected chi connectivity index (χ1v) is 7.23. The third kappa shape index (κ3) is 4.27. The second kappa shape index (κ2) is 7.55. The van der Waals surface area contributed by atoms with E-state index in [9.17, 15) is 4.39 Å². The van der Waals surface area contributed by atoms with Crippen LogP contribution < -0.4 is 5.32 Å². The molecular weight excluding hydrogens is 289 g/mol. The van der Waals surface area contributed by atoms with Gasteiger partial charge in [-0.15, -0.1) is 0 Å². The lowest BCUT2D eigenvalue weighted by atomic mass is 10.1. The number of methoxy groups -OCH3 is 1. The van der Waals surface area contributed by atoms with Crippen molar-refractivity contribution < 1.29 is 9.13 Å². The number of benzene rings is 2. The Morgan fingerprint density at radius 3 is 2.57 bits per heavy atom. The van der Waals surface area contributed by atoms with Gasteiger partial charge in [-0.25, -0.2) is 4.39 Å². The Kier molecular flexibility index (Phi) is 5.74. The summed E-state index contributed by atoms with van der Waals surface area (Å²) in [5, 5.41) is 3.86. The number of nitrogens with one attached hydrogen (secondary N) is 1. The van der Waals surface area contributed by atoms with E-state index in [4.69, 9.17) is 16.3 Å². The molecule has 1 N–H and O–H groups in total. The molecule has 0 fully saturated rings. The minimum Gasteiger partial charge on any atom is -0.380 e. The maximum absolute atomic E-state index is 13.1. The van der Waals surface area contributed by atoms with E-state index in [0.29, 0.717) is 18.2 Å². The molecule has 0 aromatic heterocycles. The zero-order chi connectivity index (χ0) is 15.2. The van der Waals surface area contributed by atoms with E-state index in [-0.39, 0.29) is 11.9 Å². The van der Waals surface area contributed by atoms with Gasteiger partial charge >= 0.3 is 0 Å². The van der Waals surface area contributed by atoms with Crippen LogP contribution in [-0.4, -0.2) is 7.11 Å². The number of hydrogen-bond donors (Lipinski definition) is 1. The van der Waals surface area contributed by atoms with E-state index < -0.39 is 0 Å². The van der Waals surface area contributed by atoms with Gasteiger partial charge in [0.1, 0.15) is 5.82 Å². The van der Waals surface area contributed by atoms with Gasteiger partial charge in [-0.3, -0.25) is 0 Å². The van der Waals surface area contributed by atoms with Gasteiger partial charge in [0, 0.05) is 24.7 Å². The average molecular weight is 308 g/mol. The van der Waals surface area contributed by atoms with Gasteiger partial charge < -0.3 is 10.1 Å². The van der Waals surface area contributed by atoms with Gasteiger partial charge in [0.15, 0.2) is 0 Å². The van der Waals surface area contributed by atoms with Crippen molar-refractivity contribution in [2.24, 2.45) is 0 Å². The summed E-state index contributed by atoms with van der Waals surface area (Å²) < 4.78 is 18.3. The van der Waals surface area contributed by atoms with Crippen LogP contribution in [0.15, 0.2) is 42.5 Å². The summed E-state index contributed by atoms with van der Waals surface area (Å²) in [7, 11) is 1.69. The van der Waals surface area contributed by atoms with E-state index >= 15 is 0 Å². The van der Waals surface area contributed by atoms with E-state index in [1.165, 1.54) is 17.7 Å². The quantitative estimate of drug-likeness (QED) is 0.850. The molecule has 2 aromatic rings.